The lowest BCUT2D eigenvalue weighted by Gasteiger charge is -2.22. The topological polar surface area (TPSA) is 206 Å². The minimum absolute atomic E-state index is 0.0931. The van der Waals surface area contributed by atoms with Gasteiger partial charge in [0.25, 0.3) is 0 Å². The first-order chi connectivity index (χ1) is 18.9. The van der Waals surface area contributed by atoms with Crippen LogP contribution in [0.1, 0.15) is 43.0 Å². The summed E-state index contributed by atoms with van der Waals surface area (Å²) < 4.78 is 0. The summed E-state index contributed by atoms with van der Waals surface area (Å²) in [6.07, 6.45) is 0.681. The van der Waals surface area contributed by atoms with Crippen molar-refractivity contribution in [2.45, 2.75) is 57.3 Å². The highest BCUT2D eigenvalue weighted by atomic mass is 16.3. The standard InChI is InChI=1S/C28H36N6O6/c1-15(2)11-21(25(30)37)32-27(39)22-13-17-5-3-4-6-19(17)24(28(40)33-22)34-23(36)14-31-26(38)20(29)12-16-7-9-18(35)10-8-16/h3-10,15,20-22,24,35H,11-14,29H2,1-2H3,(H2,30,37)(H,31,38)(H,32,39)(H,33,40)(H,34,36)/t20-,21-,22-,24-/m0/s1. The maximum absolute atomic E-state index is 13.2. The lowest BCUT2D eigenvalue weighted by molar-refractivity contribution is -0.133. The zero-order valence-corrected chi connectivity index (χ0v) is 22.5. The Morgan fingerprint density at radius 1 is 1.07 bits per heavy atom. The Kier molecular flexibility index (Phi) is 10.2. The van der Waals surface area contributed by atoms with E-state index in [1.165, 1.54) is 12.1 Å². The lowest BCUT2D eigenvalue weighted by atomic mass is 9.97. The van der Waals surface area contributed by atoms with Crippen molar-refractivity contribution in [1.29, 1.82) is 0 Å². The van der Waals surface area contributed by atoms with Crippen LogP contribution in [0.2, 0.25) is 0 Å². The predicted octanol–water partition coefficient (Wildman–Crippen LogP) is -0.707. The van der Waals surface area contributed by atoms with Gasteiger partial charge < -0.3 is 37.8 Å². The van der Waals surface area contributed by atoms with Crippen molar-refractivity contribution in [3.63, 3.8) is 0 Å². The Morgan fingerprint density at radius 3 is 2.40 bits per heavy atom. The van der Waals surface area contributed by atoms with Gasteiger partial charge in [-0.3, -0.25) is 24.0 Å². The van der Waals surface area contributed by atoms with Gasteiger partial charge in [0.2, 0.25) is 29.5 Å². The largest absolute Gasteiger partial charge is 0.508 e. The first-order valence-electron chi connectivity index (χ1n) is 13.0. The van der Waals surface area contributed by atoms with E-state index < -0.39 is 60.2 Å². The molecule has 9 N–H and O–H groups in total. The first-order valence-corrected chi connectivity index (χ1v) is 13.0. The number of rotatable bonds is 11. The number of carbonyl (C=O) groups is 5. The molecule has 4 atom stereocenters. The first kappa shape index (κ1) is 30.1. The molecule has 0 saturated carbocycles. The molecular formula is C28H36N6O6. The van der Waals surface area contributed by atoms with Crippen LogP contribution in [0.5, 0.6) is 5.75 Å². The SMILES string of the molecule is CC(C)C[C@H](NC(=O)[C@@H]1Cc2ccccc2[C@H](NC(=O)CNC(=O)[C@@H](N)Cc2ccc(O)cc2)C(=O)N1)C(N)=O. The van der Waals surface area contributed by atoms with Gasteiger partial charge >= 0.3 is 0 Å². The molecule has 2 aromatic rings. The fraction of sp³-hybridized carbons (Fsp3) is 0.393. The third-order valence-electron chi connectivity index (χ3n) is 6.51. The Morgan fingerprint density at radius 2 is 1.75 bits per heavy atom. The number of benzene rings is 2. The van der Waals surface area contributed by atoms with Crippen molar-refractivity contribution in [1.82, 2.24) is 21.3 Å². The molecule has 5 amide bonds. The number of primary amides is 1. The average molecular weight is 553 g/mol. The Labute approximate surface area is 232 Å². The number of fused-ring (bicyclic) bond motifs is 1. The van der Waals surface area contributed by atoms with Gasteiger partial charge in [0.15, 0.2) is 0 Å². The molecule has 2 aromatic carbocycles. The lowest BCUT2D eigenvalue weighted by Crippen LogP contribution is -2.54. The summed E-state index contributed by atoms with van der Waals surface area (Å²) in [6.45, 7) is 3.36. The van der Waals surface area contributed by atoms with Crippen molar-refractivity contribution in [3.05, 3.63) is 65.2 Å². The van der Waals surface area contributed by atoms with Crippen LogP contribution < -0.4 is 32.7 Å². The van der Waals surface area contributed by atoms with Crippen molar-refractivity contribution < 1.29 is 29.1 Å². The van der Waals surface area contributed by atoms with Gasteiger partial charge in [-0.15, -0.1) is 0 Å². The van der Waals surface area contributed by atoms with E-state index in [4.69, 9.17) is 11.5 Å². The molecule has 12 nitrogen and oxygen atoms in total. The van der Waals surface area contributed by atoms with Gasteiger partial charge in [0.1, 0.15) is 23.9 Å². The molecule has 0 bridgehead atoms. The van der Waals surface area contributed by atoms with E-state index in [1.807, 2.05) is 13.8 Å². The third kappa shape index (κ3) is 8.27. The highest BCUT2D eigenvalue weighted by molar-refractivity contribution is 5.96. The van der Waals surface area contributed by atoms with Crippen molar-refractivity contribution in [2.75, 3.05) is 6.54 Å². The number of phenols is 1. The molecule has 3 rings (SSSR count). The van der Waals surface area contributed by atoms with Crippen LogP contribution in [0.3, 0.4) is 0 Å². The van der Waals surface area contributed by atoms with Crippen LogP contribution >= 0.6 is 0 Å². The Balaban J connectivity index is 1.64. The number of carbonyl (C=O) groups excluding carboxylic acids is 5. The van der Waals surface area contributed by atoms with Crippen molar-refractivity contribution in [3.8, 4) is 5.75 Å². The van der Waals surface area contributed by atoms with Gasteiger partial charge in [-0.2, -0.15) is 0 Å². The van der Waals surface area contributed by atoms with Gasteiger partial charge in [-0.1, -0.05) is 50.2 Å². The predicted molar refractivity (Wildman–Crippen MR) is 146 cm³/mol. The Bertz CT molecular complexity index is 1250. The summed E-state index contributed by atoms with van der Waals surface area (Å²) in [5.41, 5.74) is 13.3. The molecule has 1 aliphatic rings. The summed E-state index contributed by atoms with van der Waals surface area (Å²) in [6, 6.07) is 9.21. The van der Waals surface area contributed by atoms with E-state index in [2.05, 4.69) is 21.3 Å². The van der Waals surface area contributed by atoms with Crippen molar-refractivity contribution >= 4 is 29.5 Å². The molecule has 12 heteroatoms. The maximum atomic E-state index is 13.2. The Hall–Kier alpha value is -4.45. The van der Waals surface area contributed by atoms with Crippen LogP contribution in [-0.4, -0.2) is 59.3 Å². The molecule has 0 aliphatic carbocycles. The summed E-state index contributed by atoms with van der Waals surface area (Å²) >= 11 is 0. The maximum Gasteiger partial charge on any atom is 0.247 e. The molecule has 1 aliphatic heterocycles. The minimum atomic E-state index is -1.12. The van der Waals surface area contributed by atoms with E-state index in [9.17, 15) is 29.1 Å². The molecule has 0 saturated heterocycles. The van der Waals surface area contributed by atoms with Gasteiger partial charge in [0, 0.05) is 6.42 Å². The zero-order valence-electron chi connectivity index (χ0n) is 22.5. The third-order valence-corrected chi connectivity index (χ3v) is 6.51. The summed E-state index contributed by atoms with van der Waals surface area (Å²) in [5.74, 6) is -2.84. The second-order valence-electron chi connectivity index (χ2n) is 10.3. The fourth-order valence-electron chi connectivity index (χ4n) is 4.45. The number of nitrogens with two attached hydrogens (primary N) is 2. The zero-order chi connectivity index (χ0) is 29.4. The number of nitrogens with one attached hydrogen (secondary N) is 4. The molecule has 0 unspecified atom stereocenters. The van der Waals surface area contributed by atoms with Gasteiger partial charge in [-0.05, 0) is 47.6 Å². The van der Waals surface area contributed by atoms with Crippen LogP contribution in [0, 0.1) is 5.92 Å². The highest BCUT2D eigenvalue weighted by Crippen LogP contribution is 2.23. The molecule has 214 valence electrons. The molecule has 1 heterocycles. The number of hydrogen-bond donors (Lipinski definition) is 7. The summed E-state index contributed by atoms with van der Waals surface area (Å²) in [4.78, 5) is 63.2. The summed E-state index contributed by atoms with van der Waals surface area (Å²) in [5, 5.41) is 19.7. The van der Waals surface area contributed by atoms with E-state index in [0.29, 0.717) is 17.5 Å². The van der Waals surface area contributed by atoms with Gasteiger partial charge in [-0.25, -0.2) is 0 Å². The smallest absolute Gasteiger partial charge is 0.247 e. The molecule has 0 radical (unpaired) electrons. The quantitative estimate of drug-likeness (QED) is 0.190. The van der Waals surface area contributed by atoms with E-state index in [1.54, 1.807) is 36.4 Å². The molecule has 0 spiro atoms. The number of phenolic OH excluding ortho intramolecular Hbond substituents is 1. The minimum Gasteiger partial charge on any atom is -0.508 e. The number of aromatic hydroxyl groups is 1. The highest BCUT2D eigenvalue weighted by Gasteiger charge is 2.35. The summed E-state index contributed by atoms with van der Waals surface area (Å²) in [7, 11) is 0. The normalized spacial score (nSPS) is 17.9. The monoisotopic (exact) mass is 552 g/mol. The van der Waals surface area contributed by atoms with E-state index in [0.717, 1.165) is 5.56 Å². The number of amides is 5. The molecular weight excluding hydrogens is 516 g/mol. The fourth-order valence-corrected chi connectivity index (χ4v) is 4.45. The second kappa shape index (κ2) is 13.6. The molecule has 0 fully saturated rings. The average Bonchev–Trinajstić information content (AvgIpc) is 3.04. The van der Waals surface area contributed by atoms with Crippen LogP contribution in [0.25, 0.3) is 0 Å². The van der Waals surface area contributed by atoms with Crippen LogP contribution in [-0.2, 0) is 36.8 Å². The van der Waals surface area contributed by atoms with Crippen molar-refractivity contribution in [2.24, 2.45) is 17.4 Å². The van der Waals surface area contributed by atoms with E-state index >= 15 is 0 Å². The molecule has 40 heavy (non-hydrogen) atoms. The van der Waals surface area contributed by atoms with Crippen LogP contribution in [0.15, 0.2) is 48.5 Å². The number of hydrogen-bond acceptors (Lipinski definition) is 7. The van der Waals surface area contributed by atoms with Gasteiger partial charge in [0.05, 0.1) is 12.6 Å². The molecule has 0 aromatic heterocycles. The van der Waals surface area contributed by atoms with E-state index in [-0.39, 0.29) is 24.5 Å². The second-order valence-corrected chi connectivity index (χ2v) is 10.3. The van der Waals surface area contributed by atoms with Crippen LogP contribution in [0.4, 0.5) is 0 Å².